The summed E-state index contributed by atoms with van der Waals surface area (Å²) in [5.41, 5.74) is 9.75. The van der Waals surface area contributed by atoms with E-state index in [1.165, 1.54) is 12.2 Å². The summed E-state index contributed by atoms with van der Waals surface area (Å²) in [7, 11) is 5.79. The lowest BCUT2D eigenvalue weighted by atomic mass is 10.1. The maximum absolute atomic E-state index is 6.44. The van der Waals surface area contributed by atoms with Crippen molar-refractivity contribution < 1.29 is 8.92 Å². The smallest absolute Gasteiger partial charge is 0.240 e. The molecule has 0 saturated heterocycles. The van der Waals surface area contributed by atoms with Gasteiger partial charge in [-0.1, -0.05) is 37.3 Å². The number of hydrazone groups is 1. The number of nitrogens with two attached hydrogens (primary N) is 1. The van der Waals surface area contributed by atoms with Crippen molar-refractivity contribution in [2.24, 2.45) is 15.8 Å². The number of ether oxygens (including phenoxy) is 1. The molecule has 0 radical (unpaired) electrons. The van der Waals surface area contributed by atoms with Crippen molar-refractivity contribution in [2.45, 2.75) is 13.2 Å². The third-order valence-electron chi connectivity index (χ3n) is 5.28. The van der Waals surface area contributed by atoms with Crippen LogP contribution in [-0.4, -0.2) is 66.3 Å². The fraction of sp³-hybridized carbons (Fsp3) is 0.304. The molecule has 33 heavy (non-hydrogen) atoms. The van der Waals surface area contributed by atoms with Crippen LogP contribution >= 0.6 is 25.7 Å². The van der Waals surface area contributed by atoms with Crippen LogP contribution in [0.1, 0.15) is 18.1 Å². The first kappa shape index (κ1) is 24.8. The van der Waals surface area contributed by atoms with Crippen LogP contribution in [0.3, 0.4) is 0 Å². The highest BCUT2D eigenvalue weighted by molar-refractivity contribution is 7.92. The third-order valence-corrected chi connectivity index (χ3v) is 6.05. The molecule has 10 heteroatoms. The zero-order valence-corrected chi connectivity index (χ0v) is 21.0. The highest BCUT2D eigenvalue weighted by atomic mass is 32.2. The van der Waals surface area contributed by atoms with Crippen LogP contribution in [0.2, 0.25) is 0 Å². The van der Waals surface area contributed by atoms with Crippen molar-refractivity contribution >= 4 is 37.3 Å². The van der Waals surface area contributed by atoms with Crippen LogP contribution in [-0.2, 0) is 4.74 Å². The first-order valence-corrected chi connectivity index (χ1v) is 11.1. The molecule has 2 aromatic rings. The van der Waals surface area contributed by atoms with E-state index in [-0.39, 0.29) is 13.5 Å². The molecule has 2 aliphatic rings. The summed E-state index contributed by atoms with van der Waals surface area (Å²) in [5, 5.41) is 6.31. The molecule has 2 aliphatic heterocycles. The summed E-state index contributed by atoms with van der Waals surface area (Å²) >= 11 is 1.31. The normalized spacial score (nSPS) is 18.0. The second-order valence-corrected chi connectivity index (χ2v) is 8.54. The molecule has 0 bridgehead atoms. The summed E-state index contributed by atoms with van der Waals surface area (Å²) in [5.74, 6) is 1.87. The molecule has 0 amide bonds. The Morgan fingerprint density at radius 3 is 2.58 bits per heavy atom. The molecule has 1 unspecified atom stereocenters. The van der Waals surface area contributed by atoms with Gasteiger partial charge in [-0.25, -0.2) is 9.30 Å². The summed E-state index contributed by atoms with van der Waals surface area (Å²) < 4.78 is 14.2. The van der Waals surface area contributed by atoms with Crippen LogP contribution in [0.15, 0.2) is 76.2 Å². The quantitative estimate of drug-likeness (QED) is 0.476. The second-order valence-electron chi connectivity index (χ2n) is 7.60. The van der Waals surface area contributed by atoms with E-state index < -0.39 is 6.23 Å². The summed E-state index contributed by atoms with van der Waals surface area (Å²) in [4.78, 5) is 6.91. The molecule has 2 heterocycles. The van der Waals surface area contributed by atoms with Gasteiger partial charge in [0.15, 0.2) is 0 Å². The van der Waals surface area contributed by atoms with Gasteiger partial charge in [0.25, 0.3) is 0 Å². The minimum absolute atomic E-state index is 0. The van der Waals surface area contributed by atoms with Gasteiger partial charge in [0.1, 0.15) is 29.5 Å². The van der Waals surface area contributed by atoms with Crippen molar-refractivity contribution in [2.75, 3.05) is 34.2 Å². The highest BCUT2D eigenvalue weighted by Gasteiger charge is 2.34. The van der Waals surface area contributed by atoms with E-state index in [2.05, 4.69) is 12.0 Å². The fourth-order valence-electron chi connectivity index (χ4n) is 3.35. The molecular formula is C23H30N6O2S2. The molecule has 0 fully saturated rings. The molecule has 0 saturated carbocycles. The van der Waals surface area contributed by atoms with Crippen LogP contribution < -0.4 is 9.92 Å². The monoisotopic (exact) mass is 486 g/mol. The molecule has 2 aromatic carbocycles. The molecule has 176 valence electrons. The Kier molecular flexibility index (Phi) is 8.17. The van der Waals surface area contributed by atoms with Gasteiger partial charge in [0, 0.05) is 38.8 Å². The SMILES string of the molecule is CCN(C)SOc1ccccc1C1=NC(C2OC(c3ccccc3)=NN2C)=C(N)N(C)C1.S. The average Bonchev–Trinajstić information content (AvgIpc) is 3.21. The predicted octanol–water partition coefficient (Wildman–Crippen LogP) is 3.21. The van der Waals surface area contributed by atoms with E-state index in [4.69, 9.17) is 19.6 Å². The van der Waals surface area contributed by atoms with Gasteiger partial charge in [-0.3, -0.25) is 5.01 Å². The number of benzene rings is 2. The van der Waals surface area contributed by atoms with Gasteiger partial charge >= 0.3 is 0 Å². The second kappa shape index (κ2) is 10.9. The maximum atomic E-state index is 6.44. The van der Waals surface area contributed by atoms with Crippen molar-refractivity contribution in [3.05, 3.63) is 77.2 Å². The molecular weight excluding hydrogens is 456 g/mol. The Morgan fingerprint density at radius 2 is 1.85 bits per heavy atom. The van der Waals surface area contributed by atoms with Gasteiger partial charge in [-0.15, -0.1) is 5.10 Å². The fourth-order valence-corrected chi connectivity index (χ4v) is 3.80. The molecule has 8 nitrogen and oxygen atoms in total. The van der Waals surface area contributed by atoms with Gasteiger partial charge < -0.3 is 19.6 Å². The number of rotatable bonds is 7. The Bertz CT molecular complexity index is 1060. The predicted molar refractivity (Wildman–Crippen MR) is 139 cm³/mol. The summed E-state index contributed by atoms with van der Waals surface area (Å²) in [6, 6.07) is 17.7. The standard InChI is InChI=1S/C23H28N6O2S.H2S/c1-5-28(3)32-31-19-14-10-9-13-17(19)18-15-27(2)21(24)20(25-18)23-29(4)26-22(30-23)16-11-7-6-8-12-16;/h6-14,23H,5,15,24H2,1-4H3;1H2. The lowest BCUT2D eigenvalue weighted by molar-refractivity contribution is 0.106. The van der Waals surface area contributed by atoms with E-state index in [1.54, 1.807) is 5.01 Å². The number of aliphatic imine (C=N–C) groups is 1. The van der Waals surface area contributed by atoms with Gasteiger partial charge in [-0.2, -0.15) is 13.5 Å². The lowest BCUT2D eigenvalue weighted by Gasteiger charge is -2.30. The number of nitrogens with zero attached hydrogens (tertiary/aromatic N) is 5. The van der Waals surface area contributed by atoms with Crippen LogP contribution in [0, 0.1) is 0 Å². The van der Waals surface area contributed by atoms with Crippen molar-refractivity contribution in [3.8, 4) is 5.75 Å². The maximum Gasteiger partial charge on any atom is 0.240 e. The molecule has 0 aliphatic carbocycles. The number of para-hydroxylation sites is 1. The molecule has 2 N–H and O–H groups in total. The number of hydrogen-bond acceptors (Lipinski definition) is 9. The Labute approximate surface area is 206 Å². The highest BCUT2D eigenvalue weighted by Crippen LogP contribution is 2.30. The Morgan fingerprint density at radius 1 is 1.15 bits per heavy atom. The molecule has 0 spiro atoms. The topological polar surface area (TPSA) is 78.9 Å². The van der Waals surface area contributed by atoms with E-state index in [1.807, 2.05) is 84.9 Å². The average molecular weight is 487 g/mol. The first-order valence-electron chi connectivity index (χ1n) is 10.4. The number of hydrogen-bond donors (Lipinski definition) is 1. The third kappa shape index (κ3) is 5.40. The van der Waals surface area contributed by atoms with Gasteiger partial charge in [0.05, 0.1) is 12.3 Å². The van der Waals surface area contributed by atoms with Crippen LogP contribution in [0.5, 0.6) is 5.75 Å². The summed E-state index contributed by atoms with van der Waals surface area (Å²) in [6.07, 6.45) is -0.517. The molecule has 1 atom stereocenters. The van der Waals surface area contributed by atoms with Crippen molar-refractivity contribution in [3.63, 3.8) is 0 Å². The molecule has 4 rings (SSSR count). The van der Waals surface area contributed by atoms with Gasteiger partial charge in [0.2, 0.25) is 12.1 Å². The lowest BCUT2D eigenvalue weighted by Crippen LogP contribution is -2.39. The van der Waals surface area contributed by atoms with Crippen molar-refractivity contribution in [1.29, 1.82) is 0 Å². The minimum atomic E-state index is -0.517. The van der Waals surface area contributed by atoms with E-state index in [0.29, 0.717) is 24.0 Å². The zero-order valence-electron chi connectivity index (χ0n) is 19.2. The van der Waals surface area contributed by atoms with Crippen LogP contribution in [0.4, 0.5) is 0 Å². The van der Waals surface area contributed by atoms with Gasteiger partial charge in [-0.05, 0) is 24.3 Å². The van der Waals surface area contributed by atoms with E-state index in [9.17, 15) is 0 Å². The largest absolute Gasteiger partial charge is 0.444 e. The van der Waals surface area contributed by atoms with E-state index in [0.717, 1.165) is 29.1 Å². The Balaban J connectivity index is 0.00000306. The van der Waals surface area contributed by atoms with E-state index >= 15 is 0 Å². The summed E-state index contributed by atoms with van der Waals surface area (Å²) in [6.45, 7) is 3.51. The van der Waals surface area contributed by atoms with Crippen molar-refractivity contribution in [1.82, 2.24) is 14.2 Å². The zero-order chi connectivity index (χ0) is 22.7. The van der Waals surface area contributed by atoms with Crippen LogP contribution in [0.25, 0.3) is 0 Å². The first-order chi connectivity index (χ1) is 15.5. The minimum Gasteiger partial charge on any atom is -0.444 e. The Hall–Kier alpha value is -2.82. The number of likely N-dealkylation sites (N-methyl/N-ethyl adjacent to an activating group) is 2. The molecule has 0 aromatic heterocycles.